The lowest BCUT2D eigenvalue weighted by Crippen LogP contribution is -2.23. The van der Waals surface area contributed by atoms with Crippen molar-refractivity contribution >= 4 is 6.09 Å². The van der Waals surface area contributed by atoms with E-state index in [9.17, 15) is 4.79 Å². The van der Waals surface area contributed by atoms with Gasteiger partial charge in [-0.25, -0.2) is 4.79 Å². The molecule has 4 aromatic rings. The molecule has 1 aromatic heterocycles. The first-order valence-electron chi connectivity index (χ1n) is 13.2. The van der Waals surface area contributed by atoms with E-state index in [2.05, 4.69) is 35.1 Å². The van der Waals surface area contributed by atoms with Crippen molar-refractivity contribution in [3.8, 4) is 34.1 Å². The van der Waals surface area contributed by atoms with Gasteiger partial charge in [-0.1, -0.05) is 24.3 Å². The first-order valence-corrected chi connectivity index (χ1v) is 13.2. The highest BCUT2D eigenvalue weighted by molar-refractivity contribution is 5.71. The van der Waals surface area contributed by atoms with Crippen LogP contribution in [0.3, 0.4) is 0 Å². The van der Waals surface area contributed by atoms with E-state index in [0.29, 0.717) is 56.7 Å². The third-order valence-electron chi connectivity index (χ3n) is 6.93. The van der Waals surface area contributed by atoms with Gasteiger partial charge < -0.3 is 28.6 Å². The van der Waals surface area contributed by atoms with Gasteiger partial charge in [-0.15, -0.1) is 0 Å². The van der Waals surface area contributed by atoms with Crippen LogP contribution in [0.4, 0.5) is 4.79 Å². The molecule has 2 aliphatic heterocycles. The van der Waals surface area contributed by atoms with Gasteiger partial charge in [0.05, 0.1) is 25.0 Å². The summed E-state index contributed by atoms with van der Waals surface area (Å²) in [5, 5.41) is 0. The van der Waals surface area contributed by atoms with Crippen LogP contribution in [0.15, 0.2) is 73.2 Å². The van der Waals surface area contributed by atoms with E-state index in [0.717, 1.165) is 39.3 Å². The van der Waals surface area contributed by atoms with Crippen LogP contribution in [0, 0.1) is 6.92 Å². The molecule has 204 valence electrons. The number of cyclic esters (lactones) is 1. The number of hydrogen-bond acceptors (Lipinski definition) is 8. The van der Waals surface area contributed by atoms with E-state index in [1.54, 1.807) is 23.5 Å². The molecule has 0 atom stereocenters. The summed E-state index contributed by atoms with van der Waals surface area (Å²) < 4.78 is 28.9. The molecule has 3 aromatic carbocycles. The quantitative estimate of drug-likeness (QED) is 0.282. The van der Waals surface area contributed by atoms with Crippen molar-refractivity contribution < 1.29 is 28.5 Å². The maximum absolute atomic E-state index is 12.0. The molecule has 1 amide bonds. The van der Waals surface area contributed by atoms with Gasteiger partial charge in [0.25, 0.3) is 0 Å². The summed E-state index contributed by atoms with van der Waals surface area (Å²) in [5.74, 6) is 2.81. The van der Waals surface area contributed by atoms with Gasteiger partial charge in [-0.2, -0.15) is 0 Å². The number of aromatic nitrogens is 2. The molecule has 9 heteroatoms. The number of amides is 1. The van der Waals surface area contributed by atoms with Gasteiger partial charge >= 0.3 is 6.09 Å². The van der Waals surface area contributed by atoms with Crippen LogP contribution in [-0.2, 0) is 24.5 Å². The van der Waals surface area contributed by atoms with Crippen molar-refractivity contribution in [2.24, 2.45) is 0 Å². The van der Waals surface area contributed by atoms with Crippen LogP contribution < -0.4 is 18.9 Å². The first-order chi connectivity index (χ1) is 19.6. The van der Waals surface area contributed by atoms with Gasteiger partial charge in [0.1, 0.15) is 44.5 Å². The highest BCUT2D eigenvalue weighted by Crippen LogP contribution is 2.36. The average molecular weight is 540 g/mol. The SMILES string of the molecule is Cc1c(COc2ccc(CN3CCOC3=O)c(OCc3cnccn3)c2)cccc1-c1ccc2c(c1)OCCO2. The van der Waals surface area contributed by atoms with Crippen molar-refractivity contribution in [3.05, 3.63) is 95.6 Å². The van der Waals surface area contributed by atoms with Crippen LogP contribution in [0.1, 0.15) is 22.4 Å². The number of carbonyl (C=O) groups is 1. The second kappa shape index (κ2) is 11.5. The van der Waals surface area contributed by atoms with E-state index in [-0.39, 0.29) is 12.7 Å². The molecule has 0 bridgehead atoms. The molecule has 40 heavy (non-hydrogen) atoms. The van der Waals surface area contributed by atoms with E-state index in [1.165, 1.54) is 0 Å². The summed E-state index contributed by atoms with van der Waals surface area (Å²) in [6.07, 6.45) is 4.58. The fraction of sp³-hybridized carbons (Fsp3) is 0.258. The fourth-order valence-corrected chi connectivity index (χ4v) is 4.75. The number of rotatable bonds is 9. The van der Waals surface area contributed by atoms with Gasteiger partial charge in [-0.3, -0.25) is 9.97 Å². The summed E-state index contributed by atoms with van der Waals surface area (Å²) in [6.45, 7) is 5.15. The Hall–Kier alpha value is -4.79. The molecule has 0 radical (unpaired) electrons. The molecule has 0 unspecified atom stereocenters. The third-order valence-corrected chi connectivity index (χ3v) is 6.93. The molecule has 0 N–H and O–H groups in total. The van der Waals surface area contributed by atoms with Crippen molar-refractivity contribution in [3.63, 3.8) is 0 Å². The van der Waals surface area contributed by atoms with Gasteiger partial charge in [0, 0.05) is 24.0 Å². The molecule has 9 nitrogen and oxygen atoms in total. The normalized spacial score (nSPS) is 14.1. The molecular formula is C31H29N3O6. The lowest BCUT2D eigenvalue weighted by Gasteiger charge is -2.20. The number of hydrogen-bond donors (Lipinski definition) is 0. The molecule has 2 aliphatic rings. The zero-order valence-corrected chi connectivity index (χ0v) is 22.2. The lowest BCUT2D eigenvalue weighted by molar-refractivity contribution is 0.157. The van der Waals surface area contributed by atoms with Crippen LogP contribution in [0.25, 0.3) is 11.1 Å². The minimum absolute atomic E-state index is 0.241. The van der Waals surface area contributed by atoms with E-state index < -0.39 is 0 Å². The van der Waals surface area contributed by atoms with E-state index >= 15 is 0 Å². The maximum atomic E-state index is 12.0. The second-order valence-corrected chi connectivity index (χ2v) is 9.53. The van der Waals surface area contributed by atoms with E-state index in [4.69, 9.17) is 23.7 Å². The Morgan fingerprint density at radius 2 is 1.77 bits per heavy atom. The largest absolute Gasteiger partial charge is 0.489 e. The van der Waals surface area contributed by atoms with Crippen LogP contribution in [0.2, 0.25) is 0 Å². The molecule has 0 saturated carbocycles. The Bertz CT molecular complexity index is 1510. The Balaban J connectivity index is 1.20. The van der Waals surface area contributed by atoms with Crippen LogP contribution >= 0.6 is 0 Å². The minimum atomic E-state index is -0.325. The average Bonchev–Trinajstić information content (AvgIpc) is 3.40. The molecule has 0 aliphatic carbocycles. The topological polar surface area (TPSA) is 92.2 Å². The monoisotopic (exact) mass is 539 g/mol. The summed E-state index contributed by atoms with van der Waals surface area (Å²) in [5.41, 5.74) is 5.92. The van der Waals surface area contributed by atoms with Crippen molar-refractivity contribution in [2.75, 3.05) is 26.4 Å². The predicted octanol–water partition coefficient (Wildman–Crippen LogP) is 5.33. The maximum Gasteiger partial charge on any atom is 0.410 e. The molecule has 6 rings (SSSR count). The third kappa shape index (κ3) is 5.63. The van der Waals surface area contributed by atoms with E-state index in [1.807, 2.05) is 36.4 Å². The summed E-state index contributed by atoms with van der Waals surface area (Å²) >= 11 is 0. The lowest BCUT2D eigenvalue weighted by atomic mass is 9.96. The number of benzene rings is 3. The van der Waals surface area contributed by atoms with Gasteiger partial charge in [-0.05, 0) is 53.4 Å². The summed E-state index contributed by atoms with van der Waals surface area (Å²) in [7, 11) is 0. The Morgan fingerprint density at radius 1 is 0.875 bits per heavy atom. The standard InChI is InChI=1S/C31H29N3O6/c1-21-24(3-2-4-27(21)22-6-8-28-30(15-22)37-14-13-36-28)19-39-26-7-5-23(18-34-11-12-38-31(34)35)29(16-26)40-20-25-17-32-9-10-33-25/h2-10,15-17H,11-14,18-20H2,1H3. The van der Waals surface area contributed by atoms with Gasteiger partial charge in [0.2, 0.25) is 0 Å². The number of nitrogens with zero attached hydrogens (tertiary/aromatic N) is 3. The predicted molar refractivity (Wildman–Crippen MR) is 147 cm³/mol. The minimum Gasteiger partial charge on any atom is -0.489 e. The van der Waals surface area contributed by atoms with Gasteiger partial charge in [0.15, 0.2) is 11.5 Å². The number of fused-ring (bicyclic) bond motifs is 1. The van der Waals surface area contributed by atoms with Crippen molar-refractivity contribution in [1.29, 1.82) is 0 Å². The van der Waals surface area contributed by atoms with Crippen LogP contribution in [-0.4, -0.2) is 47.3 Å². The molecule has 1 fully saturated rings. The smallest absolute Gasteiger partial charge is 0.410 e. The fourth-order valence-electron chi connectivity index (χ4n) is 4.75. The number of carbonyl (C=O) groups excluding carboxylic acids is 1. The highest BCUT2D eigenvalue weighted by atomic mass is 16.6. The summed E-state index contributed by atoms with van der Waals surface area (Å²) in [4.78, 5) is 22.1. The highest BCUT2D eigenvalue weighted by Gasteiger charge is 2.23. The first kappa shape index (κ1) is 25.5. The van der Waals surface area contributed by atoms with Crippen LogP contribution in [0.5, 0.6) is 23.0 Å². The second-order valence-electron chi connectivity index (χ2n) is 9.53. The molecule has 3 heterocycles. The number of ether oxygens (including phenoxy) is 5. The molecule has 0 spiro atoms. The Morgan fingerprint density at radius 3 is 2.60 bits per heavy atom. The summed E-state index contributed by atoms with van der Waals surface area (Å²) in [6, 6.07) is 17.9. The van der Waals surface area contributed by atoms with Crippen molar-refractivity contribution in [2.45, 2.75) is 26.7 Å². The Labute approximate surface area is 232 Å². The zero-order chi connectivity index (χ0) is 27.3. The zero-order valence-electron chi connectivity index (χ0n) is 22.2. The molecule has 1 saturated heterocycles. The molecular weight excluding hydrogens is 510 g/mol. The van der Waals surface area contributed by atoms with Crippen molar-refractivity contribution in [1.82, 2.24) is 14.9 Å². The Kier molecular flexibility index (Phi) is 7.34.